The highest BCUT2D eigenvalue weighted by molar-refractivity contribution is 8.00. The number of carboxylic acids is 1. The Balaban J connectivity index is 1.50. The van der Waals surface area contributed by atoms with Crippen molar-refractivity contribution in [1.82, 2.24) is 20.1 Å². The van der Waals surface area contributed by atoms with Crippen molar-refractivity contribution in [2.75, 3.05) is 32.2 Å². The van der Waals surface area contributed by atoms with Gasteiger partial charge in [-0.25, -0.2) is 9.78 Å². The largest absolute Gasteiger partial charge is 0.477 e. The Morgan fingerprint density at radius 1 is 1.47 bits per heavy atom. The number of amides is 2. The van der Waals surface area contributed by atoms with Crippen LogP contribution in [0.1, 0.15) is 25.0 Å². The van der Waals surface area contributed by atoms with Crippen molar-refractivity contribution in [1.29, 1.82) is 0 Å². The number of β-lactam (4-membered cyclic amide) rings is 1. The first-order chi connectivity index (χ1) is 15.3. The number of aromatic nitrogens is 1. The molecule has 0 saturated carbocycles. The number of carbonyl (C=O) groups excluding carboxylic acids is 2. The molecule has 0 aromatic carbocycles. The number of aliphatic carboxylic acids is 1. The molecule has 172 valence electrons. The highest BCUT2D eigenvalue weighted by atomic mass is 32.2. The molecule has 4 N–H and O–H groups in total. The molecule has 32 heavy (non-hydrogen) atoms. The van der Waals surface area contributed by atoms with Gasteiger partial charge in [0.05, 0.1) is 0 Å². The monoisotopic (exact) mass is 480 g/mol. The number of hydrogen-bond acceptors (Lipinski definition) is 10. The van der Waals surface area contributed by atoms with Crippen molar-refractivity contribution in [2.24, 2.45) is 5.16 Å². The molecular weight excluding hydrogens is 456 g/mol. The number of likely N-dealkylation sites (tertiary alicyclic amines) is 1. The van der Waals surface area contributed by atoms with E-state index < -0.39 is 29.2 Å². The second-order valence-corrected chi connectivity index (χ2v) is 9.79. The van der Waals surface area contributed by atoms with Crippen LogP contribution in [0.5, 0.6) is 0 Å². The number of hydrogen-bond donors (Lipinski definition) is 3. The zero-order valence-electron chi connectivity index (χ0n) is 17.6. The van der Waals surface area contributed by atoms with Gasteiger partial charge in [0.2, 0.25) is 0 Å². The van der Waals surface area contributed by atoms with Gasteiger partial charge < -0.3 is 25.9 Å². The van der Waals surface area contributed by atoms with Crippen LogP contribution in [0.3, 0.4) is 0 Å². The molecule has 4 rings (SSSR count). The molecule has 2 amide bonds. The van der Waals surface area contributed by atoms with Crippen LogP contribution in [0.4, 0.5) is 5.13 Å². The molecule has 3 aliphatic rings. The molecule has 2 saturated heterocycles. The lowest BCUT2D eigenvalue weighted by Gasteiger charge is -2.49. The van der Waals surface area contributed by atoms with E-state index in [0.29, 0.717) is 12.2 Å². The number of carbonyl (C=O) groups is 3. The average Bonchev–Trinajstić information content (AvgIpc) is 3.37. The van der Waals surface area contributed by atoms with E-state index in [1.807, 2.05) is 7.05 Å². The standard InChI is InChI=1S/C19H24N6O5S2/c1-24-5-3-4-10(24)6-9-7-31-17-13(16(27)25(17)14(9)18(28)29)22-15(26)12(23-30-2)11-8-32-19(20)21-11/h8,10,13,17H,3-7H2,1-2H3,(H2,20,21)(H,22,26)(H,28,29)/b23-12+/t10?,13-,17-/m1/s1. The Hall–Kier alpha value is -2.64. The van der Waals surface area contributed by atoms with E-state index in [4.69, 9.17) is 10.6 Å². The maximum absolute atomic E-state index is 12.9. The first-order valence-corrected chi connectivity index (χ1v) is 12.0. The first-order valence-electron chi connectivity index (χ1n) is 10.1. The molecule has 0 radical (unpaired) electrons. The lowest BCUT2D eigenvalue weighted by molar-refractivity contribution is -0.150. The summed E-state index contributed by atoms with van der Waals surface area (Å²) in [5.74, 6) is -1.73. The van der Waals surface area contributed by atoms with Gasteiger partial charge >= 0.3 is 5.97 Å². The Morgan fingerprint density at radius 2 is 2.25 bits per heavy atom. The summed E-state index contributed by atoms with van der Waals surface area (Å²) in [4.78, 5) is 50.1. The van der Waals surface area contributed by atoms with Crippen molar-refractivity contribution < 1.29 is 24.3 Å². The summed E-state index contributed by atoms with van der Waals surface area (Å²) in [6.45, 7) is 0.989. The molecule has 11 nitrogen and oxygen atoms in total. The van der Waals surface area contributed by atoms with Crippen molar-refractivity contribution in [3.8, 4) is 0 Å². The number of thioether (sulfide) groups is 1. The van der Waals surface area contributed by atoms with Gasteiger partial charge in [0, 0.05) is 17.2 Å². The molecule has 0 spiro atoms. The van der Waals surface area contributed by atoms with E-state index in [2.05, 4.69) is 20.4 Å². The third kappa shape index (κ3) is 4.07. The molecule has 2 fully saturated rings. The van der Waals surface area contributed by atoms with Crippen LogP contribution in [0, 0.1) is 0 Å². The second kappa shape index (κ2) is 9.08. The number of oxime groups is 1. The minimum Gasteiger partial charge on any atom is -0.477 e. The quantitative estimate of drug-likeness (QED) is 0.284. The normalized spacial score (nSPS) is 26.1. The minimum atomic E-state index is -1.12. The molecular formula is C19H24N6O5S2. The van der Waals surface area contributed by atoms with Gasteiger partial charge in [0.15, 0.2) is 10.8 Å². The van der Waals surface area contributed by atoms with Gasteiger partial charge in [-0.3, -0.25) is 14.5 Å². The highest BCUT2D eigenvalue weighted by Gasteiger charge is 2.54. The fourth-order valence-corrected chi connectivity index (χ4v) is 6.17. The Labute approximate surface area is 192 Å². The van der Waals surface area contributed by atoms with Crippen molar-refractivity contribution >= 4 is 51.7 Å². The van der Waals surface area contributed by atoms with E-state index in [-0.39, 0.29) is 28.3 Å². The predicted octanol–water partition coefficient (Wildman–Crippen LogP) is 0.299. The van der Waals surface area contributed by atoms with Crippen molar-refractivity contribution in [3.63, 3.8) is 0 Å². The van der Waals surface area contributed by atoms with E-state index in [9.17, 15) is 19.5 Å². The van der Waals surface area contributed by atoms with Crippen molar-refractivity contribution in [3.05, 3.63) is 22.3 Å². The Bertz CT molecular complexity index is 1010. The maximum atomic E-state index is 12.9. The minimum absolute atomic E-state index is 0.0441. The zero-order chi connectivity index (χ0) is 23.0. The number of rotatable bonds is 7. The number of nitrogens with two attached hydrogens (primary N) is 1. The fourth-order valence-electron chi connectivity index (χ4n) is 4.26. The smallest absolute Gasteiger partial charge is 0.352 e. The summed E-state index contributed by atoms with van der Waals surface area (Å²) in [6.07, 6.45) is 2.71. The summed E-state index contributed by atoms with van der Waals surface area (Å²) < 4.78 is 0. The number of anilines is 1. The van der Waals surface area contributed by atoms with E-state index in [1.165, 1.54) is 23.8 Å². The summed E-state index contributed by atoms with van der Waals surface area (Å²) in [5, 5.41) is 17.6. The number of thiazole rings is 1. The lowest BCUT2D eigenvalue weighted by atomic mass is 9.98. The molecule has 13 heteroatoms. The van der Waals surface area contributed by atoms with Gasteiger partial charge in [0.25, 0.3) is 11.8 Å². The van der Waals surface area contributed by atoms with Gasteiger partial charge in [0.1, 0.15) is 29.9 Å². The molecule has 3 aliphatic heterocycles. The molecule has 1 unspecified atom stereocenters. The van der Waals surface area contributed by atoms with Gasteiger partial charge in [-0.2, -0.15) is 0 Å². The topological polar surface area (TPSA) is 150 Å². The third-order valence-corrected chi connectivity index (χ3v) is 7.87. The second-order valence-electron chi connectivity index (χ2n) is 7.79. The first kappa shape index (κ1) is 22.6. The highest BCUT2D eigenvalue weighted by Crippen LogP contribution is 2.42. The van der Waals surface area contributed by atoms with E-state index >= 15 is 0 Å². The number of nitrogen functional groups attached to an aromatic ring is 1. The maximum Gasteiger partial charge on any atom is 0.352 e. The Morgan fingerprint density at radius 3 is 2.84 bits per heavy atom. The summed E-state index contributed by atoms with van der Waals surface area (Å²) in [5.41, 5.74) is 6.57. The van der Waals surface area contributed by atoms with E-state index in [1.54, 1.807) is 5.38 Å². The van der Waals surface area contributed by atoms with Crippen LogP contribution >= 0.6 is 23.1 Å². The summed E-state index contributed by atoms with van der Waals surface area (Å²) in [6, 6.07) is -0.586. The van der Waals surface area contributed by atoms with Gasteiger partial charge in [-0.15, -0.1) is 23.1 Å². The number of nitrogens with one attached hydrogen (secondary N) is 1. The van der Waals surface area contributed by atoms with Crippen LogP contribution in [0.25, 0.3) is 0 Å². The van der Waals surface area contributed by atoms with Gasteiger partial charge in [-0.05, 0) is 38.4 Å². The predicted molar refractivity (Wildman–Crippen MR) is 120 cm³/mol. The van der Waals surface area contributed by atoms with Crippen LogP contribution in [0.2, 0.25) is 0 Å². The number of carboxylic acid groups (broad SMARTS) is 1. The van der Waals surface area contributed by atoms with Crippen molar-refractivity contribution in [2.45, 2.75) is 36.7 Å². The average molecular weight is 481 g/mol. The molecule has 0 aliphatic carbocycles. The fraction of sp³-hybridized carbons (Fsp3) is 0.526. The molecule has 0 bridgehead atoms. The summed E-state index contributed by atoms with van der Waals surface area (Å²) in [7, 11) is 3.33. The van der Waals surface area contributed by atoms with E-state index in [0.717, 1.165) is 36.3 Å². The summed E-state index contributed by atoms with van der Waals surface area (Å²) >= 11 is 2.60. The zero-order valence-corrected chi connectivity index (χ0v) is 19.2. The number of fused-ring (bicyclic) bond motifs is 1. The SMILES string of the molecule is CO/N=C(/C(=O)N[C@@H]1C(=O)N2C(C(=O)O)=C(CC3CCCN3C)CS[C@H]12)c1csc(N)n1. The van der Waals surface area contributed by atoms with Crippen LogP contribution in [-0.4, -0.2) is 87.3 Å². The van der Waals surface area contributed by atoms with Crippen LogP contribution in [-0.2, 0) is 19.2 Å². The molecule has 4 heterocycles. The molecule has 1 aromatic heterocycles. The van der Waals surface area contributed by atoms with Crippen LogP contribution < -0.4 is 11.1 Å². The number of nitrogens with zero attached hydrogens (tertiary/aromatic N) is 4. The van der Waals surface area contributed by atoms with Gasteiger partial charge in [-0.1, -0.05) is 5.16 Å². The Kier molecular flexibility index (Phi) is 6.40. The molecule has 1 aromatic rings. The van der Waals surface area contributed by atoms with Crippen LogP contribution in [0.15, 0.2) is 21.8 Å². The third-order valence-electron chi connectivity index (χ3n) is 5.85. The lowest BCUT2D eigenvalue weighted by Crippen LogP contribution is -2.71. The molecule has 3 atom stereocenters.